The van der Waals surface area contributed by atoms with Crippen LogP contribution in [0.3, 0.4) is 0 Å². The summed E-state index contributed by atoms with van der Waals surface area (Å²) in [5, 5.41) is 11.1. The Bertz CT molecular complexity index is 886. The van der Waals surface area contributed by atoms with Crippen LogP contribution in [-0.2, 0) is 4.79 Å². The fourth-order valence-electron chi connectivity index (χ4n) is 3.87. The monoisotopic (exact) mass is 401 g/mol. The average molecular weight is 402 g/mol. The minimum atomic E-state index is -0.509. The van der Waals surface area contributed by atoms with Gasteiger partial charge in [0.1, 0.15) is 12.0 Å². The van der Waals surface area contributed by atoms with Crippen LogP contribution in [0.1, 0.15) is 6.42 Å². The number of para-hydroxylation sites is 1. The van der Waals surface area contributed by atoms with E-state index in [0.717, 1.165) is 18.7 Å². The molecule has 0 aliphatic carbocycles. The highest BCUT2D eigenvalue weighted by atomic mass is 35.5. The normalized spacial score (nSPS) is 20.6. The van der Waals surface area contributed by atoms with Crippen molar-refractivity contribution in [1.29, 1.82) is 0 Å². The van der Waals surface area contributed by atoms with Crippen LogP contribution >= 0.6 is 11.6 Å². The Labute approximate surface area is 167 Å². The third-order valence-electron chi connectivity index (χ3n) is 5.32. The molecule has 2 aliphatic rings. The molecule has 0 saturated carbocycles. The van der Waals surface area contributed by atoms with E-state index in [0.29, 0.717) is 32.0 Å². The second kappa shape index (κ2) is 7.73. The van der Waals surface area contributed by atoms with Gasteiger partial charge in [0.25, 0.3) is 5.69 Å². The Kier molecular flexibility index (Phi) is 5.15. The van der Waals surface area contributed by atoms with E-state index in [1.807, 2.05) is 40.1 Å². The van der Waals surface area contributed by atoms with Gasteiger partial charge in [-0.15, -0.1) is 0 Å². The van der Waals surface area contributed by atoms with Crippen molar-refractivity contribution in [1.82, 2.24) is 9.88 Å². The van der Waals surface area contributed by atoms with Crippen LogP contribution in [0.4, 0.5) is 17.2 Å². The average Bonchev–Trinajstić information content (AvgIpc) is 3.10. The Morgan fingerprint density at radius 2 is 1.82 bits per heavy atom. The number of nitrogens with zero attached hydrogens (tertiary/aromatic N) is 5. The molecule has 2 fully saturated rings. The molecule has 2 saturated heterocycles. The minimum Gasteiger partial charge on any atom is -0.353 e. The highest BCUT2D eigenvalue weighted by molar-refractivity contribution is 6.33. The highest BCUT2D eigenvalue weighted by Gasteiger charge is 2.38. The zero-order valence-electron chi connectivity index (χ0n) is 15.2. The van der Waals surface area contributed by atoms with Crippen LogP contribution in [0.5, 0.6) is 0 Å². The number of hydrogen-bond acceptors (Lipinski definition) is 6. The van der Waals surface area contributed by atoms with Gasteiger partial charge in [-0.2, -0.15) is 0 Å². The number of piperazine rings is 1. The lowest BCUT2D eigenvalue weighted by atomic mass is 10.1. The zero-order valence-corrected chi connectivity index (χ0v) is 16.0. The van der Waals surface area contributed by atoms with E-state index in [1.165, 1.54) is 12.3 Å². The van der Waals surface area contributed by atoms with Crippen molar-refractivity contribution in [3.05, 3.63) is 57.7 Å². The van der Waals surface area contributed by atoms with Crippen LogP contribution in [-0.4, -0.2) is 59.5 Å². The number of anilines is 2. The minimum absolute atomic E-state index is 0.109. The Balaban J connectivity index is 1.40. The van der Waals surface area contributed by atoms with E-state index >= 15 is 0 Å². The number of hydrogen-bond donors (Lipinski definition) is 0. The maximum absolute atomic E-state index is 12.9. The number of halogens is 1. The SMILES string of the molecule is O=C1C(N2CCN(c3ncc([N+](=O)[O-])cc3Cl)CC2)CCN1c1ccccc1. The van der Waals surface area contributed by atoms with Crippen molar-refractivity contribution in [3.8, 4) is 0 Å². The molecular weight excluding hydrogens is 382 g/mol. The smallest absolute Gasteiger partial charge is 0.289 e. The first kappa shape index (κ1) is 18.6. The molecule has 0 bridgehead atoms. The molecule has 0 radical (unpaired) electrons. The predicted molar refractivity (Wildman–Crippen MR) is 107 cm³/mol. The Hall–Kier alpha value is -2.71. The second-order valence-corrected chi connectivity index (χ2v) is 7.32. The van der Waals surface area contributed by atoms with Gasteiger partial charge in [0.05, 0.1) is 16.0 Å². The summed E-state index contributed by atoms with van der Waals surface area (Å²) in [6.07, 6.45) is 2.04. The first-order chi connectivity index (χ1) is 13.5. The van der Waals surface area contributed by atoms with Crippen molar-refractivity contribution in [2.45, 2.75) is 12.5 Å². The second-order valence-electron chi connectivity index (χ2n) is 6.91. The van der Waals surface area contributed by atoms with Crippen LogP contribution in [0.25, 0.3) is 0 Å². The maximum atomic E-state index is 12.9. The highest BCUT2D eigenvalue weighted by Crippen LogP contribution is 2.29. The van der Waals surface area contributed by atoms with Crippen molar-refractivity contribution in [3.63, 3.8) is 0 Å². The maximum Gasteiger partial charge on any atom is 0.289 e. The lowest BCUT2D eigenvalue weighted by molar-refractivity contribution is -0.385. The van der Waals surface area contributed by atoms with Gasteiger partial charge in [0.15, 0.2) is 0 Å². The molecule has 4 rings (SSSR count). The van der Waals surface area contributed by atoms with E-state index in [4.69, 9.17) is 11.6 Å². The largest absolute Gasteiger partial charge is 0.353 e. The lowest BCUT2D eigenvalue weighted by Gasteiger charge is -2.38. The molecule has 28 heavy (non-hydrogen) atoms. The molecule has 1 atom stereocenters. The van der Waals surface area contributed by atoms with Gasteiger partial charge in [0, 0.05) is 44.5 Å². The van der Waals surface area contributed by atoms with Gasteiger partial charge in [0.2, 0.25) is 5.91 Å². The van der Waals surface area contributed by atoms with Crippen molar-refractivity contribution in [2.24, 2.45) is 0 Å². The lowest BCUT2D eigenvalue weighted by Crippen LogP contribution is -2.52. The van der Waals surface area contributed by atoms with Gasteiger partial charge >= 0.3 is 0 Å². The third kappa shape index (κ3) is 3.53. The van der Waals surface area contributed by atoms with Gasteiger partial charge < -0.3 is 9.80 Å². The van der Waals surface area contributed by atoms with E-state index < -0.39 is 4.92 Å². The fourth-order valence-corrected chi connectivity index (χ4v) is 4.15. The van der Waals surface area contributed by atoms with Crippen LogP contribution < -0.4 is 9.80 Å². The molecule has 3 heterocycles. The van der Waals surface area contributed by atoms with Gasteiger partial charge in [-0.05, 0) is 18.6 Å². The van der Waals surface area contributed by atoms with Crippen LogP contribution in [0.15, 0.2) is 42.6 Å². The summed E-state index contributed by atoms with van der Waals surface area (Å²) >= 11 is 6.20. The fraction of sp³-hybridized carbons (Fsp3) is 0.368. The van der Waals surface area contributed by atoms with Crippen LogP contribution in [0, 0.1) is 10.1 Å². The number of benzene rings is 1. The first-order valence-corrected chi connectivity index (χ1v) is 9.58. The summed E-state index contributed by atoms with van der Waals surface area (Å²) in [5.41, 5.74) is 0.820. The quantitative estimate of drug-likeness (QED) is 0.578. The number of aromatic nitrogens is 1. The summed E-state index contributed by atoms with van der Waals surface area (Å²) in [6.45, 7) is 3.49. The standard InChI is InChI=1S/C19H20ClN5O3/c20-16-12-15(25(27)28)13-21-18(16)23-10-8-22(9-11-23)17-6-7-24(19(17)26)14-4-2-1-3-5-14/h1-5,12-13,17H,6-11H2. The summed E-state index contributed by atoms with van der Waals surface area (Å²) in [4.78, 5) is 33.5. The summed E-state index contributed by atoms with van der Waals surface area (Å²) < 4.78 is 0. The third-order valence-corrected chi connectivity index (χ3v) is 5.60. The Morgan fingerprint density at radius 3 is 2.46 bits per heavy atom. The molecule has 2 aliphatic heterocycles. The molecule has 2 aromatic rings. The number of pyridine rings is 1. The van der Waals surface area contributed by atoms with Crippen molar-refractivity contribution < 1.29 is 9.72 Å². The molecule has 146 valence electrons. The number of carbonyl (C=O) groups is 1. The summed E-state index contributed by atoms with van der Waals surface area (Å²) in [5.74, 6) is 0.696. The van der Waals surface area contributed by atoms with Gasteiger partial charge in [-0.1, -0.05) is 29.8 Å². The predicted octanol–water partition coefficient (Wildman–Crippen LogP) is 2.57. The molecule has 1 amide bonds. The molecule has 0 N–H and O–H groups in total. The summed E-state index contributed by atoms with van der Waals surface area (Å²) in [7, 11) is 0. The van der Waals surface area contributed by atoms with Gasteiger partial charge in [-0.25, -0.2) is 4.98 Å². The molecule has 1 aromatic heterocycles. The van der Waals surface area contributed by atoms with E-state index in [2.05, 4.69) is 9.88 Å². The number of amides is 1. The van der Waals surface area contributed by atoms with E-state index in [-0.39, 0.29) is 22.7 Å². The zero-order chi connectivity index (χ0) is 19.7. The molecule has 1 aromatic carbocycles. The van der Waals surface area contributed by atoms with E-state index in [9.17, 15) is 14.9 Å². The van der Waals surface area contributed by atoms with Crippen LogP contribution in [0.2, 0.25) is 5.02 Å². The molecule has 9 heteroatoms. The van der Waals surface area contributed by atoms with Crippen molar-refractivity contribution in [2.75, 3.05) is 42.5 Å². The summed E-state index contributed by atoms with van der Waals surface area (Å²) in [6, 6.07) is 11.0. The topological polar surface area (TPSA) is 82.8 Å². The molecule has 1 unspecified atom stereocenters. The molecule has 0 spiro atoms. The Morgan fingerprint density at radius 1 is 1.11 bits per heavy atom. The first-order valence-electron chi connectivity index (χ1n) is 9.20. The van der Waals surface area contributed by atoms with Crippen molar-refractivity contribution >= 4 is 34.7 Å². The number of carbonyl (C=O) groups excluding carboxylic acids is 1. The van der Waals surface area contributed by atoms with Gasteiger partial charge in [-0.3, -0.25) is 19.8 Å². The number of rotatable bonds is 4. The number of nitro groups is 1. The molecule has 8 nitrogen and oxygen atoms in total. The van der Waals surface area contributed by atoms with E-state index in [1.54, 1.807) is 0 Å². The molecular formula is C19H20ClN5O3.